The number of nitrogens with zero attached hydrogens (tertiary/aromatic N) is 1. The van der Waals surface area contributed by atoms with E-state index in [0.717, 1.165) is 37.5 Å². The Labute approximate surface area is 212 Å². The van der Waals surface area contributed by atoms with Gasteiger partial charge in [-0.3, -0.25) is 4.79 Å². The highest BCUT2D eigenvalue weighted by Gasteiger charge is 2.22. The maximum atomic E-state index is 12.7. The van der Waals surface area contributed by atoms with Crippen molar-refractivity contribution in [3.63, 3.8) is 0 Å². The summed E-state index contributed by atoms with van der Waals surface area (Å²) in [6.07, 6.45) is 3.21. The molecule has 6 nitrogen and oxygen atoms in total. The Bertz CT molecular complexity index is 1290. The van der Waals surface area contributed by atoms with Crippen LogP contribution in [0.15, 0.2) is 79.0 Å². The van der Waals surface area contributed by atoms with Crippen molar-refractivity contribution in [1.29, 1.82) is 0 Å². The Kier molecular flexibility index (Phi) is 7.23. The molecule has 1 aliphatic heterocycles. The van der Waals surface area contributed by atoms with E-state index in [1.54, 1.807) is 12.1 Å². The number of aromatic amines is 1. The molecule has 3 aromatic carbocycles. The maximum Gasteiger partial charge on any atom is 0.255 e. The number of amides is 1. The molecule has 186 valence electrons. The van der Waals surface area contributed by atoms with Gasteiger partial charge in [0, 0.05) is 59.7 Å². The lowest BCUT2D eigenvalue weighted by Gasteiger charge is -2.19. The molecule has 1 saturated heterocycles. The van der Waals surface area contributed by atoms with Gasteiger partial charge in [0.2, 0.25) is 0 Å². The largest absolute Gasteiger partial charge is 0.493 e. The molecular weight excluding hydrogens is 448 g/mol. The van der Waals surface area contributed by atoms with Crippen molar-refractivity contribution in [2.24, 2.45) is 5.92 Å². The second kappa shape index (κ2) is 10.9. The average Bonchev–Trinajstić information content (AvgIpc) is 3.54. The number of hydrogen-bond donors (Lipinski definition) is 3. The van der Waals surface area contributed by atoms with Gasteiger partial charge in [-0.25, -0.2) is 0 Å². The topological polar surface area (TPSA) is 69.4 Å². The van der Waals surface area contributed by atoms with Gasteiger partial charge >= 0.3 is 0 Å². The quantitative estimate of drug-likeness (QED) is 0.281. The van der Waals surface area contributed by atoms with Gasteiger partial charge in [-0.05, 0) is 72.5 Å². The van der Waals surface area contributed by atoms with Gasteiger partial charge in [0.05, 0.1) is 6.61 Å². The van der Waals surface area contributed by atoms with Crippen LogP contribution in [0.4, 0.5) is 11.4 Å². The van der Waals surface area contributed by atoms with Crippen molar-refractivity contribution in [2.75, 3.05) is 29.9 Å². The Morgan fingerprint density at radius 1 is 1.06 bits per heavy atom. The number of carbonyl (C=O) groups excluding carboxylic acids is 1. The summed E-state index contributed by atoms with van der Waals surface area (Å²) in [5.74, 6) is 1.12. The first-order valence-electron chi connectivity index (χ1n) is 12.7. The van der Waals surface area contributed by atoms with Crippen LogP contribution in [0, 0.1) is 5.92 Å². The van der Waals surface area contributed by atoms with Gasteiger partial charge in [0.25, 0.3) is 5.91 Å². The van der Waals surface area contributed by atoms with Gasteiger partial charge in [-0.2, -0.15) is 0 Å². The first-order chi connectivity index (χ1) is 17.5. The number of hydrogen-bond acceptors (Lipinski definition) is 4. The summed E-state index contributed by atoms with van der Waals surface area (Å²) in [6.45, 7) is 7.73. The summed E-state index contributed by atoms with van der Waals surface area (Å²) >= 11 is 0. The van der Waals surface area contributed by atoms with Crippen LogP contribution < -0.4 is 20.3 Å². The van der Waals surface area contributed by atoms with Crippen molar-refractivity contribution in [2.45, 2.75) is 32.9 Å². The van der Waals surface area contributed by atoms with Gasteiger partial charge in [-0.15, -0.1) is 0 Å². The second-order valence-electron chi connectivity index (χ2n) is 9.90. The number of fused-ring (bicyclic) bond motifs is 1. The molecule has 1 aromatic heterocycles. The molecule has 0 spiro atoms. The minimum absolute atomic E-state index is 0.124. The summed E-state index contributed by atoms with van der Waals surface area (Å²) in [7, 11) is 0. The molecule has 4 aromatic rings. The fourth-order valence-electron chi connectivity index (χ4n) is 4.62. The van der Waals surface area contributed by atoms with Crippen LogP contribution in [0.5, 0.6) is 5.75 Å². The van der Waals surface area contributed by atoms with Crippen LogP contribution in [0.2, 0.25) is 0 Å². The summed E-state index contributed by atoms with van der Waals surface area (Å²) in [5, 5.41) is 8.00. The monoisotopic (exact) mass is 482 g/mol. The Morgan fingerprint density at radius 2 is 1.83 bits per heavy atom. The van der Waals surface area contributed by atoms with E-state index >= 15 is 0 Å². The van der Waals surface area contributed by atoms with Crippen molar-refractivity contribution in [3.8, 4) is 5.75 Å². The first kappa shape index (κ1) is 23.9. The predicted octanol–water partition coefficient (Wildman–Crippen LogP) is 5.82. The molecule has 3 N–H and O–H groups in total. The number of anilines is 2. The molecule has 0 saturated carbocycles. The zero-order chi connectivity index (χ0) is 24.9. The number of para-hydroxylation sites is 1. The average molecular weight is 483 g/mol. The highest BCUT2D eigenvalue weighted by molar-refractivity contribution is 6.04. The number of benzene rings is 3. The third-order valence-corrected chi connectivity index (χ3v) is 6.63. The van der Waals surface area contributed by atoms with Crippen LogP contribution in [-0.4, -0.2) is 36.6 Å². The second-order valence-corrected chi connectivity index (χ2v) is 9.90. The number of H-pyrrole nitrogens is 1. The van der Waals surface area contributed by atoms with Gasteiger partial charge in [0.15, 0.2) is 0 Å². The van der Waals surface area contributed by atoms with E-state index < -0.39 is 0 Å². The summed E-state index contributed by atoms with van der Waals surface area (Å²) < 4.78 is 5.70. The molecule has 5 rings (SSSR count). The van der Waals surface area contributed by atoms with E-state index in [4.69, 9.17) is 4.74 Å². The maximum absolute atomic E-state index is 12.7. The number of nitrogens with one attached hydrogen (secondary N) is 3. The molecule has 0 bridgehead atoms. The van der Waals surface area contributed by atoms with E-state index in [9.17, 15) is 4.79 Å². The Morgan fingerprint density at radius 3 is 2.61 bits per heavy atom. The van der Waals surface area contributed by atoms with Crippen LogP contribution >= 0.6 is 0 Å². The van der Waals surface area contributed by atoms with E-state index in [-0.39, 0.29) is 5.91 Å². The normalized spacial score (nSPS) is 15.5. The van der Waals surface area contributed by atoms with Gasteiger partial charge in [-0.1, -0.05) is 32.0 Å². The van der Waals surface area contributed by atoms with Crippen LogP contribution in [0.3, 0.4) is 0 Å². The van der Waals surface area contributed by atoms with Crippen molar-refractivity contribution >= 4 is 28.2 Å². The third-order valence-electron chi connectivity index (χ3n) is 6.63. The summed E-state index contributed by atoms with van der Waals surface area (Å²) in [5.41, 5.74) is 5.07. The zero-order valence-electron chi connectivity index (χ0n) is 21.0. The molecule has 0 aliphatic carbocycles. The molecule has 1 aliphatic rings. The zero-order valence-corrected chi connectivity index (χ0v) is 21.0. The lowest BCUT2D eigenvalue weighted by molar-refractivity contribution is 0.102. The summed E-state index contributed by atoms with van der Waals surface area (Å²) in [4.78, 5) is 18.4. The smallest absolute Gasteiger partial charge is 0.255 e. The predicted molar refractivity (Wildman–Crippen MR) is 147 cm³/mol. The lowest BCUT2D eigenvalue weighted by Crippen LogP contribution is -2.32. The van der Waals surface area contributed by atoms with Gasteiger partial charge < -0.3 is 25.3 Å². The SMILES string of the molecule is CC(C)COc1ccc(C(=O)Nc2ccc(N3CCC(NCc4c[nH]c5ccccc45)C3)cc2)cc1. The van der Waals surface area contributed by atoms with E-state index in [2.05, 4.69) is 77.0 Å². The molecule has 36 heavy (non-hydrogen) atoms. The van der Waals surface area contributed by atoms with E-state index in [1.165, 1.54) is 22.2 Å². The molecule has 6 heteroatoms. The fourth-order valence-corrected chi connectivity index (χ4v) is 4.62. The van der Waals surface area contributed by atoms with Gasteiger partial charge in [0.1, 0.15) is 5.75 Å². The minimum atomic E-state index is -0.124. The van der Waals surface area contributed by atoms with Crippen LogP contribution in [0.25, 0.3) is 10.9 Å². The van der Waals surface area contributed by atoms with Crippen molar-refractivity contribution in [3.05, 3.63) is 90.1 Å². The number of carbonyl (C=O) groups is 1. The van der Waals surface area contributed by atoms with E-state index in [0.29, 0.717) is 24.1 Å². The molecule has 1 fully saturated rings. The van der Waals surface area contributed by atoms with Crippen molar-refractivity contribution in [1.82, 2.24) is 10.3 Å². The van der Waals surface area contributed by atoms with Crippen molar-refractivity contribution < 1.29 is 9.53 Å². The van der Waals surface area contributed by atoms with Crippen LogP contribution in [-0.2, 0) is 6.54 Å². The van der Waals surface area contributed by atoms with Crippen LogP contribution in [0.1, 0.15) is 36.2 Å². The number of rotatable bonds is 9. The molecule has 0 radical (unpaired) electrons. The standard InChI is InChI=1S/C30H34N4O2/c1-21(2)20-36-27-13-7-22(8-14-27)30(35)33-24-9-11-26(12-10-24)34-16-15-25(19-34)31-17-23-18-32-29-6-4-3-5-28(23)29/h3-14,18,21,25,31-32H,15-17,19-20H2,1-2H3,(H,33,35). The third kappa shape index (κ3) is 5.71. The summed E-state index contributed by atoms with van der Waals surface area (Å²) in [6, 6.07) is 24.3. The number of ether oxygens (including phenoxy) is 1. The highest BCUT2D eigenvalue weighted by atomic mass is 16.5. The molecule has 1 unspecified atom stereocenters. The minimum Gasteiger partial charge on any atom is -0.493 e. The highest BCUT2D eigenvalue weighted by Crippen LogP contribution is 2.24. The molecule has 1 atom stereocenters. The van der Waals surface area contributed by atoms with E-state index in [1.807, 2.05) is 24.3 Å². The Balaban J connectivity index is 1.11. The molecule has 2 heterocycles. The fraction of sp³-hybridized carbons (Fsp3) is 0.300. The Hall–Kier alpha value is -3.77. The molecular formula is C30H34N4O2. The molecule has 1 amide bonds. The first-order valence-corrected chi connectivity index (χ1v) is 12.7. The number of aromatic nitrogens is 1. The lowest BCUT2D eigenvalue weighted by atomic mass is 10.1.